The maximum Gasteiger partial charge on any atom is 0.416 e. The van der Waals surface area contributed by atoms with Crippen LogP contribution < -0.4 is 4.90 Å². The van der Waals surface area contributed by atoms with Gasteiger partial charge in [-0.2, -0.15) is 18.3 Å². The molecule has 1 saturated heterocycles. The minimum atomic E-state index is -4.62. The third-order valence-corrected chi connectivity index (χ3v) is 4.96. The fourth-order valence-electron chi connectivity index (χ4n) is 3.72. The summed E-state index contributed by atoms with van der Waals surface area (Å²) >= 11 is 0. The third kappa shape index (κ3) is 3.02. The highest BCUT2D eigenvalue weighted by atomic mass is 19.4. The monoisotopic (exact) mass is 368 g/mol. The molecule has 1 aliphatic rings. The highest BCUT2D eigenvalue weighted by Gasteiger charge is 2.37. The van der Waals surface area contributed by atoms with Gasteiger partial charge in [-0.1, -0.05) is 0 Å². The zero-order valence-electron chi connectivity index (χ0n) is 14.7. The van der Waals surface area contributed by atoms with Crippen LogP contribution in [0.5, 0.6) is 0 Å². The van der Waals surface area contributed by atoms with Crippen molar-refractivity contribution in [2.45, 2.75) is 38.9 Å². The van der Waals surface area contributed by atoms with Crippen LogP contribution in [0.3, 0.4) is 0 Å². The van der Waals surface area contributed by atoms with Crippen molar-refractivity contribution < 1.29 is 18.1 Å². The Balaban J connectivity index is 2.09. The maximum atomic E-state index is 12.9. The van der Waals surface area contributed by atoms with Crippen LogP contribution in [0.25, 0.3) is 0 Å². The van der Waals surface area contributed by atoms with E-state index in [1.807, 2.05) is 25.8 Å². The van der Waals surface area contributed by atoms with Gasteiger partial charge in [-0.25, -0.2) is 0 Å². The minimum Gasteiger partial charge on any atom is -0.359 e. The summed E-state index contributed by atoms with van der Waals surface area (Å²) in [5, 5.41) is 15.8. The molecule has 1 aliphatic heterocycles. The number of alkyl halides is 3. The molecule has 1 aromatic heterocycles. The van der Waals surface area contributed by atoms with E-state index in [9.17, 15) is 23.3 Å². The van der Waals surface area contributed by atoms with Gasteiger partial charge in [-0.3, -0.25) is 14.8 Å². The Morgan fingerprint density at radius 2 is 2.00 bits per heavy atom. The number of anilines is 1. The van der Waals surface area contributed by atoms with Crippen LogP contribution in [0, 0.1) is 24.0 Å². The molecule has 26 heavy (non-hydrogen) atoms. The van der Waals surface area contributed by atoms with Gasteiger partial charge in [-0.05, 0) is 38.8 Å². The summed E-state index contributed by atoms with van der Waals surface area (Å²) in [5.74, 6) is 0. The molecule has 0 amide bonds. The summed E-state index contributed by atoms with van der Waals surface area (Å²) in [6.45, 7) is 4.34. The number of rotatable bonds is 3. The molecule has 9 heteroatoms. The Bertz CT molecular complexity index is 860. The van der Waals surface area contributed by atoms with Gasteiger partial charge in [0.25, 0.3) is 5.69 Å². The summed E-state index contributed by atoms with van der Waals surface area (Å²) < 4.78 is 40.6. The zero-order chi connectivity index (χ0) is 19.2. The van der Waals surface area contributed by atoms with Gasteiger partial charge in [0.05, 0.1) is 22.2 Å². The van der Waals surface area contributed by atoms with Crippen molar-refractivity contribution in [1.82, 2.24) is 9.78 Å². The molecule has 1 atom stereocenters. The van der Waals surface area contributed by atoms with Crippen LogP contribution in [0.4, 0.5) is 24.5 Å². The minimum absolute atomic E-state index is 0.140. The number of nitro groups is 1. The average molecular weight is 368 g/mol. The Morgan fingerprint density at radius 3 is 2.54 bits per heavy atom. The van der Waals surface area contributed by atoms with Crippen molar-refractivity contribution >= 4 is 11.4 Å². The molecule has 0 bridgehead atoms. The second kappa shape index (κ2) is 6.30. The molecule has 0 radical (unpaired) electrons. The van der Waals surface area contributed by atoms with E-state index in [-0.39, 0.29) is 11.7 Å². The van der Waals surface area contributed by atoms with E-state index in [1.165, 1.54) is 6.07 Å². The molecule has 140 valence electrons. The number of benzene rings is 1. The lowest BCUT2D eigenvalue weighted by molar-refractivity contribution is -0.384. The number of hydrogen-bond donors (Lipinski definition) is 0. The quantitative estimate of drug-likeness (QED) is 0.598. The van der Waals surface area contributed by atoms with E-state index in [1.54, 1.807) is 4.68 Å². The average Bonchev–Trinajstić information content (AvgIpc) is 3.10. The molecule has 3 rings (SSSR count). The predicted octanol–water partition coefficient (Wildman–Crippen LogP) is 4.31. The van der Waals surface area contributed by atoms with Crippen molar-refractivity contribution in [1.29, 1.82) is 0 Å². The Kier molecular flexibility index (Phi) is 4.41. The zero-order valence-corrected chi connectivity index (χ0v) is 14.7. The normalized spacial score (nSPS) is 17.8. The van der Waals surface area contributed by atoms with E-state index in [0.29, 0.717) is 12.6 Å². The van der Waals surface area contributed by atoms with Gasteiger partial charge in [0, 0.05) is 30.9 Å². The number of aromatic nitrogens is 2. The van der Waals surface area contributed by atoms with Crippen LogP contribution in [0.15, 0.2) is 18.2 Å². The molecule has 1 aromatic carbocycles. The van der Waals surface area contributed by atoms with Crippen molar-refractivity contribution in [3.63, 3.8) is 0 Å². The van der Waals surface area contributed by atoms with Crippen molar-refractivity contribution in [3.05, 3.63) is 50.8 Å². The number of hydrogen-bond acceptors (Lipinski definition) is 4. The Labute approximate surface area is 148 Å². The van der Waals surface area contributed by atoms with Crippen molar-refractivity contribution in [3.8, 4) is 0 Å². The van der Waals surface area contributed by atoms with E-state index in [4.69, 9.17) is 0 Å². The molecule has 2 aromatic rings. The summed E-state index contributed by atoms with van der Waals surface area (Å²) in [6, 6.07) is 2.59. The molecule has 0 aliphatic carbocycles. The number of aryl methyl sites for hydroxylation is 2. The summed E-state index contributed by atoms with van der Waals surface area (Å²) in [7, 11) is 1.83. The summed E-state index contributed by atoms with van der Waals surface area (Å²) in [4.78, 5) is 12.5. The molecule has 6 nitrogen and oxygen atoms in total. The Morgan fingerprint density at radius 1 is 1.31 bits per heavy atom. The summed E-state index contributed by atoms with van der Waals surface area (Å²) in [6.07, 6.45) is -3.05. The standard InChI is InChI=1S/C17H19F3N4O2/c1-10-16(11(2)22(3)21-10)14-5-4-8-23(14)13-7-6-12(17(18,19)20)9-15(13)24(25)26/h6-7,9,14H,4-5,8H2,1-3H3. The fourth-order valence-corrected chi connectivity index (χ4v) is 3.72. The van der Waals surface area contributed by atoms with Gasteiger partial charge in [-0.15, -0.1) is 0 Å². The third-order valence-electron chi connectivity index (χ3n) is 4.96. The Hall–Kier alpha value is -2.58. The molecule has 2 heterocycles. The number of nitro benzene ring substituents is 1. The molecule has 1 unspecified atom stereocenters. The van der Waals surface area contributed by atoms with Crippen molar-refractivity contribution in [2.75, 3.05) is 11.4 Å². The molecular weight excluding hydrogens is 349 g/mol. The highest BCUT2D eigenvalue weighted by molar-refractivity contribution is 5.66. The fraction of sp³-hybridized carbons (Fsp3) is 0.471. The molecule has 0 saturated carbocycles. The first-order valence-electron chi connectivity index (χ1n) is 8.23. The summed E-state index contributed by atoms with van der Waals surface area (Å²) in [5.41, 5.74) is 1.45. The van der Waals surface area contributed by atoms with Crippen LogP contribution in [-0.2, 0) is 13.2 Å². The molecular formula is C17H19F3N4O2. The number of halogens is 3. The smallest absolute Gasteiger partial charge is 0.359 e. The van der Waals surface area contributed by atoms with E-state index < -0.39 is 22.4 Å². The molecule has 1 fully saturated rings. The van der Waals surface area contributed by atoms with Crippen LogP contribution in [0.1, 0.15) is 41.4 Å². The molecule has 0 spiro atoms. The van der Waals surface area contributed by atoms with Gasteiger partial charge in [0.15, 0.2) is 0 Å². The first-order valence-corrected chi connectivity index (χ1v) is 8.23. The van der Waals surface area contributed by atoms with Gasteiger partial charge in [0.2, 0.25) is 0 Å². The van der Waals surface area contributed by atoms with Gasteiger partial charge >= 0.3 is 6.18 Å². The predicted molar refractivity (Wildman–Crippen MR) is 90.1 cm³/mol. The van der Waals surface area contributed by atoms with Crippen LogP contribution in [0.2, 0.25) is 0 Å². The molecule has 0 N–H and O–H groups in total. The van der Waals surface area contributed by atoms with E-state index in [2.05, 4.69) is 5.10 Å². The van der Waals surface area contributed by atoms with E-state index >= 15 is 0 Å². The van der Waals surface area contributed by atoms with Crippen LogP contribution >= 0.6 is 0 Å². The van der Waals surface area contributed by atoms with Gasteiger partial charge in [0.1, 0.15) is 5.69 Å². The lowest BCUT2D eigenvalue weighted by Crippen LogP contribution is -2.24. The lowest BCUT2D eigenvalue weighted by atomic mass is 10.0. The topological polar surface area (TPSA) is 64.2 Å². The first-order chi connectivity index (χ1) is 12.1. The van der Waals surface area contributed by atoms with E-state index in [0.717, 1.165) is 35.9 Å². The van der Waals surface area contributed by atoms with Gasteiger partial charge < -0.3 is 4.90 Å². The largest absolute Gasteiger partial charge is 0.416 e. The number of nitrogens with zero attached hydrogens (tertiary/aromatic N) is 4. The second-order valence-corrected chi connectivity index (χ2v) is 6.52. The SMILES string of the molecule is Cc1nn(C)c(C)c1C1CCCN1c1ccc(C(F)(F)F)cc1[N+](=O)[O-]. The first kappa shape index (κ1) is 18.2. The van der Waals surface area contributed by atoms with Crippen LogP contribution in [-0.4, -0.2) is 21.2 Å². The second-order valence-electron chi connectivity index (χ2n) is 6.52. The van der Waals surface area contributed by atoms with Crippen molar-refractivity contribution in [2.24, 2.45) is 7.05 Å². The maximum absolute atomic E-state index is 12.9. The highest BCUT2D eigenvalue weighted by Crippen LogP contribution is 2.43. The lowest BCUT2D eigenvalue weighted by Gasteiger charge is -2.27.